The molecule has 2 amide bonds. The molecule has 0 atom stereocenters. The highest BCUT2D eigenvalue weighted by Gasteiger charge is 2.16. The Labute approximate surface area is 148 Å². The van der Waals surface area contributed by atoms with E-state index in [2.05, 4.69) is 15.6 Å². The number of hydrogen-bond donors (Lipinski definition) is 2. The first kappa shape index (κ1) is 15.9. The smallest absolute Gasteiger partial charge is 0.251 e. The number of nitrogens with one attached hydrogen (secondary N) is 2. The van der Waals surface area contributed by atoms with Gasteiger partial charge in [-0.2, -0.15) is 0 Å². The Balaban J connectivity index is 1.36. The highest BCUT2D eigenvalue weighted by molar-refractivity contribution is 5.99. The fourth-order valence-electron chi connectivity index (χ4n) is 2.62. The molecule has 3 aromatic rings. The highest BCUT2D eigenvalue weighted by atomic mass is 16.7. The summed E-state index contributed by atoms with van der Waals surface area (Å²) in [6.45, 7) is -0.0245. The van der Waals surface area contributed by atoms with Crippen molar-refractivity contribution in [2.75, 3.05) is 18.7 Å². The third-order valence-electron chi connectivity index (χ3n) is 3.91. The van der Waals surface area contributed by atoms with Gasteiger partial charge in [-0.15, -0.1) is 0 Å². The number of para-hydroxylation sites is 1. The molecule has 0 saturated carbocycles. The van der Waals surface area contributed by atoms with Gasteiger partial charge in [-0.05, 0) is 36.4 Å². The van der Waals surface area contributed by atoms with Crippen molar-refractivity contribution >= 4 is 28.5 Å². The highest BCUT2D eigenvalue weighted by Crippen LogP contribution is 2.32. The molecule has 0 unspecified atom stereocenters. The van der Waals surface area contributed by atoms with Crippen LogP contribution in [0.5, 0.6) is 11.5 Å². The average molecular weight is 349 g/mol. The lowest BCUT2D eigenvalue weighted by Gasteiger charge is -2.08. The van der Waals surface area contributed by atoms with Gasteiger partial charge < -0.3 is 20.1 Å². The standard InChI is InChI=1S/C19H15N3O4/c23-18(22-17-8-6-12-3-1-2-4-14(12)21-17)10-20-19(24)13-5-7-15-16(9-13)26-11-25-15/h1-9H,10-11H2,(H,20,24)(H,21,22,23). The summed E-state index contributed by atoms with van der Waals surface area (Å²) >= 11 is 0. The van der Waals surface area contributed by atoms with Crippen LogP contribution in [-0.4, -0.2) is 30.1 Å². The molecule has 2 heterocycles. The summed E-state index contributed by atoms with van der Waals surface area (Å²) in [4.78, 5) is 28.6. The molecule has 0 saturated heterocycles. The van der Waals surface area contributed by atoms with E-state index in [0.29, 0.717) is 22.9 Å². The number of fused-ring (bicyclic) bond motifs is 2. The Morgan fingerprint density at radius 1 is 1.00 bits per heavy atom. The van der Waals surface area contributed by atoms with Gasteiger partial charge in [0.2, 0.25) is 12.7 Å². The molecule has 2 N–H and O–H groups in total. The van der Waals surface area contributed by atoms with E-state index in [1.54, 1.807) is 24.3 Å². The van der Waals surface area contributed by atoms with Crippen molar-refractivity contribution in [3.8, 4) is 11.5 Å². The molecular weight excluding hydrogens is 334 g/mol. The quantitative estimate of drug-likeness (QED) is 0.755. The van der Waals surface area contributed by atoms with Crippen molar-refractivity contribution in [3.63, 3.8) is 0 Å². The van der Waals surface area contributed by atoms with E-state index in [1.807, 2.05) is 30.3 Å². The number of rotatable bonds is 4. The maximum Gasteiger partial charge on any atom is 0.251 e. The number of hydrogen-bond acceptors (Lipinski definition) is 5. The van der Waals surface area contributed by atoms with Gasteiger partial charge in [0.25, 0.3) is 5.91 Å². The van der Waals surface area contributed by atoms with Crippen LogP contribution in [0.25, 0.3) is 10.9 Å². The number of amides is 2. The van der Waals surface area contributed by atoms with Gasteiger partial charge in [0.05, 0.1) is 12.1 Å². The minimum absolute atomic E-state index is 0.140. The van der Waals surface area contributed by atoms with Crippen LogP contribution in [0.4, 0.5) is 5.82 Å². The molecule has 0 radical (unpaired) electrons. The van der Waals surface area contributed by atoms with Crippen LogP contribution in [0.1, 0.15) is 10.4 Å². The molecule has 1 aromatic heterocycles. The van der Waals surface area contributed by atoms with Gasteiger partial charge in [0, 0.05) is 10.9 Å². The van der Waals surface area contributed by atoms with Crippen molar-refractivity contribution in [2.45, 2.75) is 0 Å². The van der Waals surface area contributed by atoms with Gasteiger partial charge >= 0.3 is 0 Å². The van der Waals surface area contributed by atoms with Crippen LogP contribution < -0.4 is 20.1 Å². The molecule has 1 aliphatic heterocycles. The van der Waals surface area contributed by atoms with Gasteiger partial charge in [-0.25, -0.2) is 4.98 Å². The second-order valence-corrected chi connectivity index (χ2v) is 5.69. The second-order valence-electron chi connectivity index (χ2n) is 5.69. The van der Waals surface area contributed by atoms with Gasteiger partial charge in [0.1, 0.15) is 5.82 Å². The predicted molar refractivity (Wildman–Crippen MR) is 95.3 cm³/mol. The van der Waals surface area contributed by atoms with E-state index in [1.165, 1.54) is 0 Å². The van der Waals surface area contributed by atoms with E-state index in [4.69, 9.17) is 9.47 Å². The molecular formula is C19H15N3O4. The SMILES string of the molecule is O=C(CNC(=O)c1ccc2c(c1)OCO2)Nc1ccc2ccccc2n1. The molecule has 130 valence electrons. The number of aromatic nitrogens is 1. The van der Waals surface area contributed by atoms with Gasteiger partial charge in [0.15, 0.2) is 11.5 Å². The molecule has 2 aromatic carbocycles. The van der Waals surface area contributed by atoms with Crippen molar-refractivity contribution in [2.24, 2.45) is 0 Å². The number of ether oxygens (including phenoxy) is 2. The molecule has 0 fully saturated rings. The van der Waals surface area contributed by atoms with Gasteiger partial charge in [-0.1, -0.05) is 18.2 Å². The Morgan fingerprint density at radius 2 is 1.85 bits per heavy atom. The van der Waals surface area contributed by atoms with E-state index >= 15 is 0 Å². The first-order valence-corrected chi connectivity index (χ1v) is 8.02. The fraction of sp³-hybridized carbons (Fsp3) is 0.105. The zero-order chi connectivity index (χ0) is 17.9. The summed E-state index contributed by atoms with van der Waals surface area (Å²) < 4.78 is 10.4. The lowest BCUT2D eigenvalue weighted by atomic mass is 10.2. The Bertz CT molecular complexity index is 1000. The second kappa shape index (κ2) is 6.72. The third-order valence-corrected chi connectivity index (χ3v) is 3.91. The summed E-state index contributed by atoms with van der Waals surface area (Å²) in [5.74, 6) is 0.821. The Kier molecular flexibility index (Phi) is 4.10. The van der Waals surface area contributed by atoms with Crippen molar-refractivity contribution < 1.29 is 19.1 Å². The zero-order valence-electron chi connectivity index (χ0n) is 13.7. The third kappa shape index (κ3) is 3.27. The van der Waals surface area contributed by atoms with E-state index in [9.17, 15) is 9.59 Å². The monoisotopic (exact) mass is 349 g/mol. The molecule has 26 heavy (non-hydrogen) atoms. The van der Waals surface area contributed by atoms with Crippen LogP contribution in [0.3, 0.4) is 0 Å². The van der Waals surface area contributed by atoms with Crippen LogP contribution in [0.2, 0.25) is 0 Å². The summed E-state index contributed by atoms with van der Waals surface area (Å²) in [5, 5.41) is 6.23. The number of benzene rings is 2. The fourth-order valence-corrected chi connectivity index (χ4v) is 2.62. The van der Waals surface area contributed by atoms with Crippen LogP contribution in [-0.2, 0) is 4.79 Å². The number of nitrogens with zero attached hydrogens (tertiary/aromatic N) is 1. The van der Waals surface area contributed by atoms with Crippen molar-refractivity contribution in [1.29, 1.82) is 0 Å². The molecule has 0 aliphatic carbocycles. The lowest BCUT2D eigenvalue weighted by molar-refractivity contribution is -0.115. The average Bonchev–Trinajstić information content (AvgIpc) is 3.14. The molecule has 7 heteroatoms. The van der Waals surface area contributed by atoms with Crippen LogP contribution in [0, 0.1) is 0 Å². The largest absolute Gasteiger partial charge is 0.454 e. The van der Waals surface area contributed by atoms with Crippen molar-refractivity contribution in [3.05, 3.63) is 60.2 Å². The predicted octanol–water partition coefficient (Wildman–Crippen LogP) is 2.33. The molecule has 0 bridgehead atoms. The summed E-state index contributed by atoms with van der Waals surface area (Å²) in [6, 6.07) is 16.1. The maximum atomic E-state index is 12.2. The normalized spacial score (nSPS) is 12.0. The first-order chi connectivity index (χ1) is 12.7. The van der Waals surface area contributed by atoms with E-state index in [0.717, 1.165) is 10.9 Å². The van der Waals surface area contributed by atoms with Crippen LogP contribution in [0.15, 0.2) is 54.6 Å². The van der Waals surface area contributed by atoms with E-state index < -0.39 is 0 Å². The molecule has 7 nitrogen and oxygen atoms in total. The molecule has 1 aliphatic rings. The first-order valence-electron chi connectivity index (χ1n) is 8.02. The summed E-state index contributed by atoms with van der Waals surface area (Å²) in [7, 11) is 0. The minimum atomic E-state index is -0.370. The topological polar surface area (TPSA) is 89.6 Å². The van der Waals surface area contributed by atoms with Crippen molar-refractivity contribution in [1.82, 2.24) is 10.3 Å². The Hall–Kier alpha value is -3.61. The van der Waals surface area contributed by atoms with Gasteiger partial charge in [-0.3, -0.25) is 9.59 Å². The number of carbonyl (C=O) groups is 2. The number of carbonyl (C=O) groups excluding carboxylic acids is 2. The lowest BCUT2D eigenvalue weighted by Crippen LogP contribution is -2.33. The summed E-state index contributed by atoms with van der Waals surface area (Å²) in [5.41, 5.74) is 1.18. The Morgan fingerprint density at radius 3 is 2.77 bits per heavy atom. The molecule has 4 rings (SSSR count). The summed E-state index contributed by atoms with van der Waals surface area (Å²) in [6.07, 6.45) is 0. The minimum Gasteiger partial charge on any atom is -0.454 e. The zero-order valence-corrected chi connectivity index (χ0v) is 13.7. The van der Waals surface area contributed by atoms with Crippen LogP contribution >= 0.6 is 0 Å². The van der Waals surface area contributed by atoms with E-state index in [-0.39, 0.29) is 25.2 Å². The number of anilines is 1. The maximum absolute atomic E-state index is 12.2. The number of pyridine rings is 1. The molecule has 0 spiro atoms.